The van der Waals surface area contributed by atoms with Gasteiger partial charge in [0, 0.05) is 11.8 Å². The lowest BCUT2D eigenvalue weighted by atomic mass is 10.1. The third-order valence-corrected chi connectivity index (χ3v) is 3.95. The van der Waals surface area contributed by atoms with E-state index in [0.717, 1.165) is 16.7 Å². The minimum absolute atomic E-state index is 0.0640. The van der Waals surface area contributed by atoms with E-state index in [2.05, 4.69) is 20.5 Å². The molecule has 0 aliphatic carbocycles. The first-order valence-electron chi connectivity index (χ1n) is 7.48. The standard InChI is InChI=1S/C17H17N5OS/c1-11-5-7-13(8-6-11)16-20-21-17(24)22(16)10-14(23)19-15-12(2)4-3-9-18-15/h3-9H,10H2,1-2H3,(H,21,24)(H,18,19,23). The minimum atomic E-state index is -0.206. The Kier molecular flexibility index (Phi) is 4.52. The fourth-order valence-corrected chi connectivity index (χ4v) is 2.52. The third-order valence-electron chi connectivity index (χ3n) is 3.64. The first kappa shape index (κ1) is 16.1. The number of carbonyl (C=O) groups excluding carboxylic acids is 1. The molecule has 0 atom stereocenters. The van der Waals surface area contributed by atoms with Crippen LogP contribution in [0.15, 0.2) is 42.6 Å². The molecule has 0 fully saturated rings. The van der Waals surface area contributed by atoms with Crippen molar-refractivity contribution in [3.05, 3.63) is 58.5 Å². The van der Waals surface area contributed by atoms with Crippen LogP contribution in [-0.4, -0.2) is 25.7 Å². The Balaban J connectivity index is 1.84. The maximum Gasteiger partial charge on any atom is 0.245 e. The molecule has 0 bridgehead atoms. The summed E-state index contributed by atoms with van der Waals surface area (Å²) in [4.78, 5) is 16.5. The van der Waals surface area contributed by atoms with Crippen LogP contribution in [0.3, 0.4) is 0 Å². The molecule has 2 N–H and O–H groups in total. The van der Waals surface area contributed by atoms with E-state index in [-0.39, 0.29) is 12.5 Å². The number of hydrogen-bond acceptors (Lipinski definition) is 4. The molecule has 0 saturated carbocycles. The first-order valence-corrected chi connectivity index (χ1v) is 7.89. The largest absolute Gasteiger partial charge is 0.309 e. The van der Waals surface area contributed by atoms with Gasteiger partial charge in [0.2, 0.25) is 5.91 Å². The molecule has 0 spiro atoms. The van der Waals surface area contributed by atoms with Gasteiger partial charge in [0.25, 0.3) is 0 Å². The molecule has 2 heterocycles. The smallest absolute Gasteiger partial charge is 0.245 e. The molecule has 0 radical (unpaired) electrons. The number of aromatic nitrogens is 4. The van der Waals surface area contributed by atoms with Crippen LogP contribution in [0.5, 0.6) is 0 Å². The number of nitrogens with zero attached hydrogens (tertiary/aromatic N) is 3. The van der Waals surface area contributed by atoms with E-state index in [4.69, 9.17) is 12.2 Å². The molecule has 7 heteroatoms. The van der Waals surface area contributed by atoms with Crippen molar-refractivity contribution in [3.63, 3.8) is 0 Å². The number of rotatable bonds is 4. The number of carbonyl (C=O) groups is 1. The van der Waals surface area contributed by atoms with Gasteiger partial charge < -0.3 is 5.32 Å². The Hall–Kier alpha value is -2.80. The zero-order valence-electron chi connectivity index (χ0n) is 13.4. The van der Waals surface area contributed by atoms with Crippen LogP contribution in [-0.2, 0) is 11.3 Å². The van der Waals surface area contributed by atoms with Crippen molar-refractivity contribution in [2.24, 2.45) is 0 Å². The lowest BCUT2D eigenvalue weighted by Crippen LogP contribution is -2.20. The molecule has 1 aromatic carbocycles. The molecule has 0 saturated heterocycles. The lowest BCUT2D eigenvalue weighted by molar-refractivity contribution is -0.116. The summed E-state index contributed by atoms with van der Waals surface area (Å²) >= 11 is 5.26. The van der Waals surface area contributed by atoms with Crippen molar-refractivity contribution >= 4 is 23.9 Å². The summed E-state index contributed by atoms with van der Waals surface area (Å²) < 4.78 is 2.08. The normalized spacial score (nSPS) is 10.6. The van der Waals surface area contributed by atoms with Crippen LogP contribution in [0.1, 0.15) is 11.1 Å². The van der Waals surface area contributed by atoms with E-state index in [9.17, 15) is 4.79 Å². The maximum atomic E-state index is 12.4. The van der Waals surface area contributed by atoms with Gasteiger partial charge in [-0.3, -0.25) is 14.5 Å². The Morgan fingerprint density at radius 3 is 2.71 bits per heavy atom. The van der Waals surface area contributed by atoms with Crippen LogP contribution in [0.4, 0.5) is 5.82 Å². The van der Waals surface area contributed by atoms with Gasteiger partial charge in [-0.15, -0.1) is 0 Å². The highest BCUT2D eigenvalue weighted by atomic mass is 32.1. The lowest BCUT2D eigenvalue weighted by Gasteiger charge is -2.09. The van der Waals surface area contributed by atoms with E-state index in [1.165, 1.54) is 0 Å². The number of hydrogen-bond donors (Lipinski definition) is 2. The van der Waals surface area contributed by atoms with Crippen LogP contribution < -0.4 is 5.32 Å². The van der Waals surface area contributed by atoms with E-state index >= 15 is 0 Å². The Labute approximate surface area is 144 Å². The van der Waals surface area contributed by atoms with E-state index in [1.54, 1.807) is 10.8 Å². The van der Waals surface area contributed by atoms with Gasteiger partial charge in [-0.2, -0.15) is 5.10 Å². The molecule has 0 aliphatic heterocycles. The molecular formula is C17H17N5OS. The zero-order valence-corrected chi connectivity index (χ0v) is 14.2. The van der Waals surface area contributed by atoms with Crippen molar-refractivity contribution in [2.75, 3.05) is 5.32 Å². The highest BCUT2D eigenvalue weighted by molar-refractivity contribution is 7.71. The molecular weight excluding hydrogens is 322 g/mol. The van der Waals surface area contributed by atoms with Crippen molar-refractivity contribution in [3.8, 4) is 11.4 Å². The van der Waals surface area contributed by atoms with Gasteiger partial charge in [-0.1, -0.05) is 35.9 Å². The Bertz CT molecular complexity index is 927. The highest BCUT2D eigenvalue weighted by Crippen LogP contribution is 2.18. The number of anilines is 1. The quantitative estimate of drug-likeness (QED) is 0.716. The van der Waals surface area contributed by atoms with Gasteiger partial charge in [0.05, 0.1) is 0 Å². The molecule has 6 nitrogen and oxygen atoms in total. The monoisotopic (exact) mass is 339 g/mol. The SMILES string of the molecule is Cc1ccc(-c2n[nH]c(=S)n2CC(=O)Nc2ncccc2C)cc1. The first-order chi connectivity index (χ1) is 11.5. The number of amides is 1. The number of nitrogens with one attached hydrogen (secondary N) is 2. The van der Waals surface area contributed by atoms with Crippen molar-refractivity contribution < 1.29 is 4.79 Å². The molecule has 0 aliphatic rings. The minimum Gasteiger partial charge on any atom is -0.309 e. The molecule has 3 rings (SSSR count). The van der Waals surface area contributed by atoms with E-state index in [0.29, 0.717) is 16.4 Å². The van der Waals surface area contributed by atoms with Crippen LogP contribution >= 0.6 is 12.2 Å². The molecule has 24 heavy (non-hydrogen) atoms. The number of pyridine rings is 1. The second kappa shape index (κ2) is 6.76. The summed E-state index contributed by atoms with van der Waals surface area (Å²) in [5.41, 5.74) is 2.96. The summed E-state index contributed by atoms with van der Waals surface area (Å²) in [5, 5.41) is 9.80. The van der Waals surface area contributed by atoms with Crippen molar-refractivity contribution in [1.29, 1.82) is 0 Å². The Morgan fingerprint density at radius 1 is 1.25 bits per heavy atom. The van der Waals surface area contributed by atoms with Gasteiger partial charge in [0.1, 0.15) is 12.4 Å². The molecule has 122 valence electrons. The topological polar surface area (TPSA) is 75.6 Å². The fourth-order valence-electron chi connectivity index (χ4n) is 2.32. The van der Waals surface area contributed by atoms with Crippen LogP contribution in [0, 0.1) is 18.6 Å². The number of benzene rings is 1. The zero-order chi connectivity index (χ0) is 17.1. The Morgan fingerprint density at radius 2 is 2.00 bits per heavy atom. The average Bonchev–Trinajstić information content (AvgIpc) is 2.91. The number of H-pyrrole nitrogens is 1. The van der Waals surface area contributed by atoms with E-state index in [1.807, 2.05) is 50.2 Å². The summed E-state index contributed by atoms with van der Waals surface area (Å²) in [6.45, 7) is 3.97. The molecule has 2 aromatic heterocycles. The second-order valence-electron chi connectivity index (χ2n) is 5.52. The highest BCUT2D eigenvalue weighted by Gasteiger charge is 2.13. The molecule has 1 amide bonds. The van der Waals surface area contributed by atoms with Crippen molar-refractivity contribution in [1.82, 2.24) is 19.7 Å². The molecule has 3 aromatic rings. The number of aryl methyl sites for hydroxylation is 2. The third kappa shape index (κ3) is 3.41. The van der Waals surface area contributed by atoms with Gasteiger partial charge in [0.15, 0.2) is 10.6 Å². The van der Waals surface area contributed by atoms with Crippen LogP contribution in [0.25, 0.3) is 11.4 Å². The summed E-state index contributed by atoms with van der Waals surface area (Å²) in [6, 6.07) is 11.6. The predicted molar refractivity (Wildman–Crippen MR) is 95.2 cm³/mol. The fraction of sp³-hybridized carbons (Fsp3) is 0.176. The summed E-state index contributed by atoms with van der Waals surface area (Å²) in [6.07, 6.45) is 1.64. The maximum absolute atomic E-state index is 12.4. The second-order valence-corrected chi connectivity index (χ2v) is 5.91. The molecule has 0 unspecified atom stereocenters. The number of aromatic amines is 1. The van der Waals surface area contributed by atoms with Crippen LogP contribution in [0.2, 0.25) is 0 Å². The average molecular weight is 339 g/mol. The van der Waals surface area contributed by atoms with Gasteiger partial charge in [-0.05, 0) is 37.7 Å². The van der Waals surface area contributed by atoms with Gasteiger partial charge in [-0.25, -0.2) is 4.98 Å². The van der Waals surface area contributed by atoms with Gasteiger partial charge >= 0.3 is 0 Å². The van der Waals surface area contributed by atoms with Crippen molar-refractivity contribution in [2.45, 2.75) is 20.4 Å². The predicted octanol–water partition coefficient (Wildman–Crippen LogP) is 3.26. The summed E-state index contributed by atoms with van der Waals surface area (Å²) in [5.74, 6) is 0.977. The van der Waals surface area contributed by atoms with E-state index < -0.39 is 0 Å². The summed E-state index contributed by atoms with van der Waals surface area (Å²) in [7, 11) is 0.